The van der Waals surface area contributed by atoms with E-state index in [0.717, 1.165) is 23.5 Å². The third kappa shape index (κ3) is 2.43. The third-order valence-electron chi connectivity index (χ3n) is 2.34. The molecule has 0 atom stereocenters. The number of benzene rings is 1. The second-order valence-electron chi connectivity index (χ2n) is 3.71. The van der Waals surface area contributed by atoms with E-state index in [1.807, 2.05) is 0 Å². The normalized spacial score (nSPS) is 10.4. The van der Waals surface area contributed by atoms with Gasteiger partial charge < -0.3 is 5.32 Å². The SMILES string of the molecule is [B]c1cc(C)c(C(=O)Nc2c(F)cccc2F)s1. The molecule has 18 heavy (non-hydrogen) atoms. The van der Waals surface area contributed by atoms with Crippen LogP contribution in [0.4, 0.5) is 14.5 Å². The molecule has 1 aromatic heterocycles. The number of thiophene rings is 1. The maximum absolute atomic E-state index is 13.4. The highest BCUT2D eigenvalue weighted by atomic mass is 32.1. The van der Waals surface area contributed by atoms with Gasteiger partial charge in [0.2, 0.25) is 0 Å². The first kappa shape index (κ1) is 12.8. The van der Waals surface area contributed by atoms with Gasteiger partial charge in [-0.3, -0.25) is 4.79 Å². The van der Waals surface area contributed by atoms with Gasteiger partial charge in [0.05, 0.1) is 4.88 Å². The number of rotatable bonds is 2. The van der Waals surface area contributed by atoms with Crippen molar-refractivity contribution < 1.29 is 13.6 Å². The molecule has 1 N–H and O–H groups in total. The van der Waals surface area contributed by atoms with Gasteiger partial charge in [-0.25, -0.2) is 8.78 Å². The fourth-order valence-corrected chi connectivity index (χ4v) is 2.35. The van der Waals surface area contributed by atoms with Crippen LogP contribution in [0.5, 0.6) is 0 Å². The Bertz CT molecular complexity index is 592. The lowest BCUT2D eigenvalue weighted by Gasteiger charge is -2.06. The number of hydrogen-bond acceptors (Lipinski definition) is 2. The van der Waals surface area contributed by atoms with Gasteiger partial charge in [0, 0.05) is 0 Å². The van der Waals surface area contributed by atoms with Crippen molar-refractivity contribution in [2.45, 2.75) is 6.92 Å². The molecule has 0 aliphatic rings. The number of hydrogen-bond donors (Lipinski definition) is 1. The highest BCUT2D eigenvalue weighted by Gasteiger charge is 2.16. The number of carbonyl (C=O) groups excluding carboxylic acids is 1. The second-order valence-corrected chi connectivity index (χ2v) is 4.80. The maximum atomic E-state index is 13.4. The zero-order chi connectivity index (χ0) is 13.3. The van der Waals surface area contributed by atoms with E-state index < -0.39 is 23.2 Å². The molecular formula is C12H8BF2NOS. The van der Waals surface area contributed by atoms with Crippen molar-refractivity contribution in [1.82, 2.24) is 0 Å². The fourth-order valence-electron chi connectivity index (χ4n) is 1.52. The molecule has 0 saturated heterocycles. The molecular weight excluding hydrogens is 255 g/mol. The van der Waals surface area contributed by atoms with Crippen LogP contribution in [0.1, 0.15) is 15.2 Å². The molecule has 1 aromatic carbocycles. The van der Waals surface area contributed by atoms with Crippen LogP contribution < -0.4 is 10.1 Å². The Morgan fingerprint density at radius 1 is 1.33 bits per heavy atom. The average molecular weight is 263 g/mol. The summed E-state index contributed by atoms with van der Waals surface area (Å²) in [5.74, 6) is -2.20. The first-order valence-corrected chi connectivity index (χ1v) is 5.92. The number of halogens is 2. The Morgan fingerprint density at radius 3 is 2.44 bits per heavy atom. The first-order valence-electron chi connectivity index (χ1n) is 5.10. The average Bonchev–Trinajstić information content (AvgIpc) is 2.63. The van der Waals surface area contributed by atoms with E-state index in [9.17, 15) is 13.6 Å². The molecule has 0 unspecified atom stereocenters. The Labute approximate surface area is 108 Å². The number of para-hydroxylation sites is 1. The molecule has 90 valence electrons. The molecule has 0 aliphatic carbocycles. The van der Waals surface area contributed by atoms with Crippen molar-refractivity contribution in [1.29, 1.82) is 0 Å². The van der Waals surface area contributed by atoms with E-state index in [2.05, 4.69) is 5.32 Å². The smallest absolute Gasteiger partial charge is 0.266 e. The Kier molecular flexibility index (Phi) is 3.47. The lowest BCUT2D eigenvalue weighted by atomic mass is 10.1. The van der Waals surface area contributed by atoms with Gasteiger partial charge in [-0.1, -0.05) is 12.1 Å². The number of nitrogens with one attached hydrogen (secondary N) is 1. The van der Waals surface area contributed by atoms with E-state index >= 15 is 0 Å². The van der Waals surface area contributed by atoms with Gasteiger partial charge in [-0.2, -0.15) is 0 Å². The van der Waals surface area contributed by atoms with E-state index in [-0.39, 0.29) is 0 Å². The second kappa shape index (κ2) is 4.90. The number of amides is 1. The van der Waals surface area contributed by atoms with Crippen molar-refractivity contribution in [3.05, 3.63) is 46.3 Å². The quantitative estimate of drug-likeness (QED) is 0.828. The molecule has 2 rings (SSSR count). The van der Waals surface area contributed by atoms with Crippen LogP contribution in [0.15, 0.2) is 24.3 Å². The summed E-state index contributed by atoms with van der Waals surface area (Å²) >= 11 is 1.07. The summed E-state index contributed by atoms with van der Waals surface area (Å²) in [6.07, 6.45) is 0. The zero-order valence-corrected chi connectivity index (χ0v) is 10.3. The van der Waals surface area contributed by atoms with Crippen LogP contribution in [0.3, 0.4) is 0 Å². The van der Waals surface area contributed by atoms with Crippen LogP contribution in [0.2, 0.25) is 0 Å². The summed E-state index contributed by atoms with van der Waals surface area (Å²) in [7, 11) is 5.56. The van der Waals surface area contributed by atoms with Crippen LogP contribution in [0, 0.1) is 18.6 Å². The zero-order valence-electron chi connectivity index (χ0n) is 9.46. The summed E-state index contributed by atoms with van der Waals surface area (Å²) in [6, 6.07) is 5.02. The fraction of sp³-hybridized carbons (Fsp3) is 0.0833. The molecule has 0 spiro atoms. The molecule has 2 aromatic rings. The van der Waals surface area contributed by atoms with Gasteiger partial charge in [0.15, 0.2) is 0 Å². The van der Waals surface area contributed by atoms with Crippen LogP contribution >= 0.6 is 11.3 Å². The van der Waals surface area contributed by atoms with Crippen LogP contribution in [0.25, 0.3) is 0 Å². The number of aryl methyl sites for hydroxylation is 1. The lowest BCUT2D eigenvalue weighted by Crippen LogP contribution is -2.14. The standard InChI is InChI=1S/C12H8BF2NOS/c1-6-5-9(13)18-11(6)12(17)16-10-7(14)3-2-4-8(10)15/h2-5H,1H3,(H,16,17). The topological polar surface area (TPSA) is 29.1 Å². The molecule has 2 radical (unpaired) electrons. The predicted molar refractivity (Wildman–Crippen MR) is 68.8 cm³/mol. The van der Waals surface area contributed by atoms with E-state index in [1.54, 1.807) is 13.0 Å². The number of anilines is 1. The van der Waals surface area contributed by atoms with E-state index in [0.29, 0.717) is 15.2 Å². The minimum atomic E-state index is -0.814. The minimum Gasteiger partial charge on any atom is -0.316 e. The van der Waals surface area contributed by atoms with E-state index in [4.69, 9.17) is 7.85 Å². The summed E-state index contributed by atoms with van der Waals surface area (Å²) < 4.78 is 27.2. The maximum Gasteiger partial charge on any atom is 0.266 e. The molecule has 1 amide bonds. The molecule has 0 saturated carbocycles. The van der Waals surface area contributed by atoms with Gasteiger partial charge in [0.25, 0.3) is 5.91 Å². The monoisotopic (exact) mass is 263 g/mol. The molecule has 0 fully saturated rings. The Balaban J connectivity index is 2.30. The largest absolute Gasteiger partial charge is 0.316 e. The van der Waals surface area contributed by atoms with Gasteiger partial charge >= 0.3 is 0 Å². The summed E-state index contributed by atoms with van der Waals surface area (Å²) in [5, 5.41) is 2.21. The van der Waals surface area contributed by atoms with Crippen LogP contribution in [-0.4, -0.2) is 13.8 Å². The lowest BCUT2D eigenvalue weighted by molar-refractivity contribution is 0.102. The van der Waals surface area contributed by atoms with Crippen molar-refractivity contribution in [3.8, 4) is 0 Å². The first-order chi connectivity index (χ1) is 8.49. The molecule has 0 bridgehead atoms. The third-order valence-corrected chi connectivity index (χ3v) is 3.41. The van der Waals surface area contributed by atoms with Crippen LogP contribution in [-0.2, 0) is 0 Å². The van der Waals surface area contributed by atoms with Gasteiger partial charge in [-0.15, -0.1) is 11.3 Å². The highest BCUT2D eigenvalue weighted by Crippen LogP contribution is 2.21. The predicted octanol–water partition coefficient (Wildman–Crippen LogP) is 2.38. The van der Waals surface area contributed by atoms with Crippen molar-refractivity contribution in [2.75, 3.05) is 5.32 Å². The molecule has 0 aliphatic heterocycles. The summed E-state index contributed by atoms with van der Waals surface area (Å²) in [4.78, 5) is 12.2. The number of carbonyl (C=O) groups is 1. The highest BCUT2D eigenvalue weighted by molar-refractivity contribution is 7.21. The molecule has 2 nitrogen and oxygen atoms in total. The molecule has 6 heteroatoms. The van der Waals surface area contributed by atoms with Gasteiger partial charge in [0.1, 0.15) is 25.2 Å². The molecule has 1 heterocycles. The van der Waals surface area contributed by atoms with Crippen molar-refractivity contribution >= 4 is 35.6 Å². The minimum absolute atomic E-state index is 0.343. The summed E-state index contributed by atoms with van der Waals surface area (Å²) in [6.45, 7) is 1.71. The Morgan fingerprint density at radius 2 is 1.94 bits per heavy atom. The van der Waals surface area contributed by atoms with Gasteiger partial charge in [-0.05, 0) is 29.4 Å². The summed E-state index contributed by atoms with van der Waals surface area (Å²) in [5.41, 5.74) is 0.223. The van der Waals surface area contributed by atoms with Crippen molar-refractivity contribution in [3.63, 3.8) is 0 Å². The van der Waals surface area contributed by atoms with Crippen molar-refractivity contribution in [2.24, 2.45) is 0 Å². The Hall–Kier alpha value is -1.69. The van der Waals surface area contributed by atoms with E-state index in [1.165, 1.54) is 6.07 Å².